The van der Waals surface area contributed by atoms with E-state index in [2.05, 4.69) is 70.5 Å². The molecule has 38 heavy (non-hydrogen) atoms. The van der Waals surface area contributed by atoms with Crippen LogP contribution in [0.3, 0.4) is 0 Å². The second-order valence-electron chi connectivity index (χ2n) is 10.9. The number of aromatic nitrogens is 2. The largest absolute Gasteiger partial charge is 0.494 e. The molecule has 1 aliphatic carbocycles. The Bertz CT molecular complexity index is 1330. The van der Waals surface area contributed by atoms with Crippen LogP contribution in [-0.2, 0) is 4.57 Å². The third-order valence-electron chi connectivity index (χ3n) is 7.58. The van der Waals surface area contributed by atoms with E-state index in [1.165, 1.54) is 11.3 Å². The molecule has 1 aliphatic heterocycles. The van der Waals surface area contributed by atoms with Gasteiger partial charge in [0.05, 0.1) is 19.0 Å². The fraction of sp³-hybridized carbons (Fsp3) is 0.500. The Kier molecular flexibility index (Phi) is 8.46. The summed E-state index contributed by atoms with van der Waals surface area (Å²) < 4.78 is 18.9. The minimum atomic E-state index is -2.52. The number of aryl methyl sites for hydroxylation is 1. The number of methoxy groups -OCH3 is 1. The zero-order valence-corrected chi connectivity index (χ0v) is 25.4. The van der Waals surface area contributed by atoms with Gasteiger partial charge in [0.15, 0.2) is 5.82 Å². The van der Waals surface area contributed by atoms with Crippen molar-refractivity contribution >= 4 is 41.9 Å². The van der Waals surface area contributed by atoms with Crippen molar-refractivity contribution in [3.05, 3.63) is 51.1 Å². The molecule has 2 heterocycles. The summed E-state index contributed by atoms with van der Waals surface area (Å²) in [5.74, 6) is 1.60. The lowest BCUT2D eigenvalue weighted by Gasteiger charge is -2.27. The highest BCUT2D eigenvalue weighted by Crippen LogP contribution is 2.54. The zero-order valence-electron chi connectivity index (χ0n) is 23.8. The van der Waals surface area contributed by atoms with E-state index in [9.17, 15) is 4.57 Å². The Hall–Kier alpha value is -2.54. The van der Waals surface area contributed by atoms with Crippen LogP contribution >= 0.6 is 18.7 Å². The molecule has 8 nitrogen and oxygen atoms in total. The minimum absolute atomic E-state index is 0.397. The van der Waals surface area contributed by atoms with Crippen LogP contribution in [0.15, 0.2) is 40.5 Å². The summed E-state index contributed by atoms with van der Waals surface area (Å²) in [5, 5.41) is 7.99. The quantitative estimate of drug-likeness (QED) is 0.346. The normalized spacial score (nSPS) is 18.5. The van der Waals surface area contributed by atoms with Gasteiger partial charge in [-0.25, -0.2) is 4.98 Å². The molecule has 4 rings (SSSR count). The summed E-state index contributed by atoms with van der Waals surface area (Å²) in [6, 6.07) is 4.70. The molecule has 1 aromatic carbocycles. The lowest BCUT2D eigenvalue weighted by molar-refractivity contribution is 0.315. The summed E-state index contributed by atoms with van der Waals surface area (Å²) in [6.45, 7) is 11.9. The molecule has 10 heteroatoms. The van der Waals surface area contributed by atoms with Gasteiger partial charge in [0.2, 0.25) is 5.95 Å². The molecule has 1 aromatic heterocycles. The van der Waals surface area contributed by atoms with Gasteiger partial charge in [0.1, 0.15) is 17.9 Å². The third-order valence-corrected chi connectivity index (χ3v) is 9.54. The molecule has 206 valence electrons. The molecule has 0 radical (unpaired) electrons. The van der Waals surface area contributed by atoms with Gasteiger partial charge >= 0.3 is 0 Å². The van der Waals surface area contributed by atoms with E-state index in [1.54, 1.807) is 13.3 Å². The molecular formula is C28H40ClN6O2P. The van der Waals surface area contributed by atoms with Gasteiger partial charge in [-0.05, 0) is 84.7 Å². The van der Waals surface area contributed by atoms with Gasteiger partial charge in [-0.15, -0.1) is 0 Å². The minimum Gasteiger partial charge on any atom is -0.494 e. The first-order valence-electron chi connectivity index (χ1n) is 13.0. The number of halogens is 1. The predicted octanol–water partition coefficient (Wildman–Crippen LogP) is 6.71. The van der Waals surface area contributed by atoms with Crippen LogP contribution in [0.2, 0.25) is 5.02 Å². The van der Waals surface area contributed by atoms with E-state index in [-0.39, 0.29) is 0 Å². The lowest BCUT2D eigenvalue weighted by Crippen LogP contribution is -2.31. The van der Waals surface area contributed by atoms with Crippen LogP contribution < -0.4 is 20.3 Å². The Balaban J connectivity index is 1.62. The number of likely N-dealkylation sites (N-methyl/N-ethyl adjacent to an activating group) is 1. The van der Waals surface area contributed by atoms with Crippen LogP contribution in [0.4, 0.5) is 23.1 Å². The van der Waals surface area contributed by atoms with Crippen molar-refractivity contribution in [3.8, 4) is 5.75 Å². The molecule has 2 N–H and O–H groups in total. The topological polar surface area (TPSA) is 82.6 Å². The first-order valence-corrected chi connectivity index (χ1v) is 16.0. The monoisotopic (exact) mass is 558 g/mol. The molecule has 2 aliphatic rings. The maximum absolute atomic E-state index is 13.2. The van der Waals surface area contributed by atoms with Crippen molar-refractivity contribution in [2.24, 2.45) is 0 Å². The Morgan fingerprint density at radius 1 is 1.16 bits per heavy atom. The van der Waals surface area contributed by atoms with Crippen LogP contribution in [0.1, 0.15) is 38.7 Å². The van der Waals surface area contributed by atoms with Crippen molar-refractivity contribution in [1.29, 1.82) is 0 Å². The molecule has 0 amide bonds. The van der Waals surface area contributed by atoms with Crippen LogP contribution in [-0.4, -0.2) is 68.5 Å². The average molecular weight is 559 g/mol. The molecule has 0 unspecified atom stereocenters. The maximum Gasteiger partial charge on any atom is 0.229 e. The van der Waals surface area contributed by atoms with Gasteiger partial charge in [-0.1, -0.05) is 17.2 Å². The van der Waals surface area contributed by atoms with Crippen molar-refractivity contribution in [1.82, 2.24) is 14.9 Å². The van der Waals surface area contributed by atoms with E-state index >= 15 is 0 Å². The van der Waals surface area contributed by atoms with Crippen LogP contribution in [0.5, 0.6) is 5.75 Å². The molecule has 1 atom stereocenters. The fourth-order valence-electron chi connectivity index (χ4n) is 5.34. The number of allylic oxidation sites excluding steroid dienone is 4. The van der Waals surface area contributed by atoms with Crippen molar-refractivity contribution in [2.75, 3.05) is 63.2 Å². The highest BCUT2D eigenvalue weighted by atomic mass is 35.5. The second-order valence-corrected chi connectivity index (χ2v) is 14.5. The number of nitrogens with one attached hydrogen (secondary N) is 2. The first kappa shape index (κ1) is 28.5. The maximum atomic E-state index is 13.2. The molecule has 0 saturated carbocycles. The molecule has 1 saturated heterocycles. The number of ether oxygens (including phenoxy) is 1. The van der Waals surface area contributed by atoms with Gasteiger partial charge < -0.3 is 29.7 Å². The molecule has 2 aromatic rings. The Morgan fingerprint density at radius 2 is 1.89 bits per heavy atom. The van der Waals surface area contributed by atoms with Crippen LogP contribution in [0, 0.1) is 6.92 Å². The predicted molar refractivity (Wildman–Crippen MR) is 160 cm³/mol. The Morgan fingerprint density at radius 3 is 2.53 bits per heavy atom. The summed E-state index contributed by atoms with van der Waals surface area (Å²) in [7, 11) is 3.43. The average Bonchev–Trinajstić information content (AvgIpc) is 3.33. The number of hydrogen-bond acceptors (Lipinski definition) is 8. The third kappa shape index (κ3) is 6.03. The highest BCUT2D eigenvalue weighted by Gasteiger charge is 2.28. The molecule has 0 spiro atoms. The second kappa shape index (κ2) is 11.3. The van der Waals surface area contributed by atoms with Crippen molar-refractivity contribution < 1.29 is 9.30 Å². The smallest absolute Gasteiger partial charge is 0.229 e. The van der Waals surface area contributed by atoms with Crippen LogP contribution in [0.25, 0.3) is 0 Å². The number of anilines is 4. The van der Waals surface area contributed by atoms with E-state index in [0.717, 1.165) is 65.9 Å². The van der Waals surface area contributed by atoms with E-state index < -0.39 is 7.14 Å². The summed E-state index contributed by atoms with van der Waals surface area (Å²) in [6.07, 6.45) is 4.38. The van der Waals surface area contributed by atoms with E-state index in [4.69, 9.17) is 16.3 Å². The SMILES string of the molecule is COc1cc(N2CC[C@@H](N(C)C)C2)c(C)cc1Nc1ncc(Cl)c(NC2=C(P(C)(C)=O)C(C)=C(C)CC2)n1. The van der Waals surface area contributed by atoms with Gasteiger partial charge in [0, 0.05) is 41.9 Å². The molecule has 1 fully saturated rings. The van der Waals surface area contributed by atoms with E-state index in [0.29, 0.717) is 22.8 Å². The summed E-state index contributed by atoms with van der Waals surface area (Å²) in [5.41, 5.74) is 6.37. The highest BCUT2D eigenvalue weighted by molar-refractivity contribution is 7.67. The van der Waals surface area contributed by atoms with Crippen molar-refractivity contribution in [2.45, 2.75) is 46.1 Å². The number of hydrogen-bond donors (Lipinski definition) is 2. The van der Waals surface area contributed by atoms with Crippen molar-refractivity contribution in [3.63, 3.8) is 0 Å². The first-order chi connectivity index (χ1) is 17.9. The zero-order chi connectivity index (χ0) is 27.8. The number of nitrogens with zero attached hydrogens (tertiary/aromatic N) is 4. The fourth-order valence-corrected chi connectivity index (χ4v) is 7.30. The molecular weight excluding hydrogens is 519 g/mol. The standard InChI is InChI=1S/C28H40ClN6O2P/c1-17-9-10-22(26(19(17)3)38(7,8)36)31-27-21(29)15-30-28(33-27)32-23-13-18(2)24(14-25(23)37-6)35-12-11-20(16-35)34(4)5/h13-15,20H,9-12,16H2,1-8H3,(H2,30,31,32,33)/t20-/m1/s1. The van der Waals surface area contributed by atoms with Gasteiger partial charge in [0.25, 0.3) is 0 Å². The van der Waals surface area contributed by atoms with Gasteiger partial charge in [-0.3, -0.25) is 0 Å². The summed E-state index contributed by atoms with van der Waals surface area (Å²) in [4.78, 5) is 13.8. The Labute approximate surface area is 231 Å². The summed E-state index contributed by atoms with van der Waals surface area (Å²) >= 11 is 6.50. The van der Waals surface area contributed by atoms with Gasteiger partial charge in [-0.2, -0.15) is 4.98 Å². The number of benzene rings is 1. The number of rotatable bonds is 8. The lowest BCUT2D eigenvalue weighted by atomic mass is 9.97. The molecule has 0 bridgehead atoms. The van der Waals surface area contributed by atoms with E-state index in [1.807, 2.05) is 20.3 Å².